The maximum Gasteiger partial charge on any atom is 0.305 e. The molecule has 0 saturated carbocycles. The maximum atomic E-state index is 11.5. The third kappa shape index (κ3) is 5.15. The normalized spacial score (nSPS) is 12.0. The van der Waals surface area contributed by atoms with Gasteiger partial charge in [0, 0.05) is 35.7 Å². The van der Waals surface area contributed by atoms with Crippen LogP contribution in [0, 0.1) is 13.8 Å². The second-order valence-electron chi connectivity index (χ2n) is 8.49. The number of nitrogens with one attached hydrogen (secondary N) is 2. The van der Waals surface area contributed by atoms with E-state index in [0.29, 0.717) is 11.6 Å². The van der Waals surface area contributed by atoms with Gasteiger partial charge in [0.05, 0.1) is 23.8 Å². The highest BCUT2D eigenvalue weighted by molar-refractivity contribution is 6.31. The predicted octanol–water partition coefficient (Wildman–Crippen LogP) is 6.69. The van der Waals surface area contributed by atoms with E-state index in [4.69, 9.17) is 11.6 Å². The molecule has 33 heavy (non-hydrogen) atoms. The van der Waals surface area contributed by atoms with Crippen molar-refractivity contribution in [2.24, 2.45) is 7.05 Å². The standard InChI is InChI=1S/C27H28ClN3O2/c1-17-11-18(2)27-20(16-31(3)25(27)12-17)15-29-22-10-9-21(28)13-24(22)30-23(14-26(32)33)19-7-5-4-6-8-19/h4-13,16,23,29-30H,14-15H2,1-3H3,(H,32,33). The summed E-state index contributed by atoms with van der Waals surface area (Å²) in [6.45, 7) is 4.89. The summed E-state index contributed by atoms with van der Waals surface area (Å²) >= 11 is 6.30. The summed E-state index contributed by atoms with van der Waals surface area (Å²) in [6, 6.07) is 19.2. The molecule has 0 aliphatic carbocycles. The smallest absolute Gasteiger partial charge is 0.305 e. The van der Waals surface area contributed by atoms with E-state index in [2.05, 4.69) is 54.4 Å². The van der Waals surface area contributed by atoms with Gasteiger partial charge < -0.3 is 20.3 Å². The van der Waals surface area contributed by atoms with E-state index in [-0.39, 0.29) is 12.5 Å². The Hall–Kier alpha value is -3.44. The largest absolute Gasteiger partial charge is 0.481 e. The lowest BCUT2D eigenvalue weighted by molar-refractivity contribution is -0.137. The van der Waals surface area contributed by atoms with E-state index in [1.165, 1.54) is 27.6 Å². The number of fused-ring (bicyclic) bond motifs is 1. The number of rotatable bonds is 8. The highest BCUT2D eigenvalue weighted by Gasteiger charge is 2.18. The molecule has 3 aromatic carbocycles. The lowest BCUT2D eigenvalue weighted by Gasteiger charge is -2.22. The van der Waals surface area contributed by atoms with Crippen LogP contribution in [-0.2, 0) is 18.4 Å². The summed E-state index contributed by atoms with van der Waals surface area (Å²) in [5.41, 5.74) is 7.46. The molecule has 3 N–H and O–H groups in total. The van der Waals surface area contributed by atoms with E-state index >= 15 is 0 Å². The summed E-state index contributed by atoms with van der Waals surface area (Å²) in [5.74, 6) is -0.866. The van der Waals surface area contributed by atoms with Gasteiger partial charge in [-0.05, 0) is 60.4 Å². The van der Waals surface area contributed by atoms with Crippen LogP contribution in [0.3, 0.4) is 0 Å². The molecule has 170 valence electrons. The van der Waals surface area contributed by atoms with E-state index in [9.17, 15) is 9.90 Å². The van der Waals surface area contributed by atoms with Gasteiger partial charge in [-0.2, -0.15) is 0 Å². The second kappa shape index (κ2) is 9.59. The maximum absolute atomic E-state index is 11.5. The van der Waals surface area contributed by atoms with Crippen LogP contribution in [-0.4, -0.2) is 15.6 Å². The molecule has 4 rings (SSSR count). The van der Waals surface area contributed by atoms with Crippen LogP contribution in [0.4, 0.5) is 11.4 Å². The molecule has 0 aliphatic rings. The number of hydrogen-bond donors (Lipinski definition) is 3. The molecule has 4 aromatic rings. The van der Waals surface area contributed by atoms with Gasteiger partial charge in [-0.15, -0.1) is 0 Å². The molecule has 6 heteroatoms. The van der Waals surface area contributed by atoms with Crippen LogP contribution in [0.2, 0.25) is 5.02 Å². The van der Waals surface area contributed by atoms with E-state index in [1.807, 2.05) is 48.5 Å². The molecule has 0 bridgehead atoms. The topological polar surface area (TPSA) is 66.3 Å². The lowest BCUT2D eigenvalue weighted by atomic mass is 10.0. The predicted molar refractivity (Wildman–Crippen MR) is 136 cm³/mol. The van der Waals surface area contributed by atoms with Crippen molar-refractivity contribution in [2.45, 2.75) is 32.9 Å². The van der Waals surface area contributed by atoms with Crippen molar-refractivity contribution in [1.29, 1.82) is 0 Å². The van der Waals surface area contributed by atoms with Crippen molar-refractivity contribution in [2.75, 3.05) is 10.6 Å². The average molecular weight is 462 g/mol. The number of carboxylic acids is 1. The molecule has 0 amide bonds. The third-order valence-corrected chi connectivity index (χ3v) is 6.11. The van der Waals surface area contributed by atoms with Gasteiger partial charge in [-0.1, -0.05) is 48.0 Å². The number of carboxylic acid groups (broad SMARTS) is 1. The first-order valence-corrected chi connectivity index (χ1v) is 11.3. The van der Waals surface area contributed by atoms with Crippen molar-refractivity contribution >= 4 is 39.8 Å². The first-order valence-electron chi connectivity index (χ1n) is 10.9. The second-order valence-corrected chi connectivity index (χ2v) is 8.93. The number of anilines is 2. The van der Waals surface area contributed by atoms with Crippen LogP contribution >= 0.6 is 11.6 Å². The molecule has 1 aromatic heterocycles. The monoisotopic (exact) mass is 461 g/mol. The van der Waals surface area contributed by atoms with Crippen LogP contribution in [0.5, 0.6) is 0 Å². The zero-order chi connectivity index (χ0) is 23.5. The minimum absolute atomic E-state index is 0.0438. The summed E-state index contributed by atoms with van der Waals surface area (Å²) in [6.07, 6.45) is 2.11. The number of aliphatic carboxylic acids is 1. The summed E-state index contributed by atoms with van der Waals surface area (Å²) < 4.78 is 2.16. The van der Waals surface area contributed by atoms with Crippen molar-refractivity contribution in [3.8, 4) is 0 Å². The summed E-state index contributed by atoms with van der Waals surface area (Å²) in [7, 11) is 2.07. The highest BCUT2D eigenvalue weighted by Crippen LogP contribution is 2.32. The molecular weight excluding hydrogens is 434 g/mol. The van der Waals surface area contributed by atoms with Crippen molar-refractivity contribution < 1.29 is 9.90 Å². The number of aryl methyl sites for hydroxylation is 3. The Kier molecular flexibility index (Phi) is 6.61. The van der Waals surface area contributed by atoms with Crippen molar-refractivity contribution in [1.82, 2.24) is 4.57 Å². The Morgan fingerprint density at radius 3 is 2.55 bits per heavy atom. The fourth-order valence-electron chi connectivity index (χ4n) is 4.42. The van der Waals surface area contributed by atoms with E-state index < -0.39 is 5.97 Å². The molecule has 1 atom stereocenters. The zero-order valence-corrected chi connectivity index (χ0v) is 19.8. The molecule has 0 fully saturated rings. The van der Waals surface area contributed by atoms with Crippen LogP contribution in [0.25, 0.3) is 10.9 Å². The molecule has 5 nitrogen and oxygen atoms in total. The fraction of sp³-hybridized carbons (Fsp3) is 0.222. The molecule has 1 unspecified atom stereocenters. The highest BCUT2D eigenvalue weighted by atomic mass is 35.5. The third-order valence-electron chi connectivity index (χ3n) is 5.87. The minimum Gasteiger partial charge on any atom is -0.481 e. The SMILES string of the molecule is Cc1cc(C)c2c(CNc3ccc(Cl)cc3NC(CC(=O)O)c3ccccc3)cn(C)c2c1. The van der Waals surface area contributed by atoms with Gasteiger partial charge >= 0.3 is 5.97 Å². The van der Waals surface area contributed by atoms with Crippen LogP contribution in [0.1, 0.15) is 34.7 Å². The number of carbonyl (C=O) groups is 1. The molecule has 0 saturated heterocycles. The van der Waals surface area contributed by atoms with E-state index in [1.54, 1.807) is 0 Å². The Labute approximate surface area is 199 Å². The Morgan fingerprint density at radius 2 is 1.82 bits per heavy atom. The van der Waals surface area contributed by atoms with E-state index in [0.717, 1.165) is 16.9 Å². The number of nitrogens with zero attached hydrogens (tertiary/aromatic N) is 1. The summed E-state index contributed by atoms with van der Waals surface area (Å²) in [5, 5.41) is 18.2. The first-order chi connectivity index (χ1) is 15.8. The van der Waals surface area contributed by atoms with Gasteiger partial charge in [0.25, 0.3) is 0 Å². The molecular formula is C27H28ClN3O2. The number of benzene rings is 3. The van der Waals surface area contributed by atoms with Gasteiger partial charge in [-0.3, -0.25) is 4.79 Å². The fourth-order valence-corrected chi connectivity index (χ4v) is 4.60. The Morgan fingerprint density at radius 1 is 1.06 bits per heavy atom. The summed E-state index contributed by atoms with van der Waals surface area (Å²) in [4.78, 5) is 11.5. The van der Waals surface area contributed by atoms with Gasteiger partial charge in [0.1, 0.15) is 0 Å². The Balaban J connectivity index is 1.63. The van der Waals surface area contributed by atoms with Crippen molar-refractivity contribution in [3.63, 3.8) is 0 Å². The Bertz CT molecular complexity index is 1300. The quantitative estimate of drug-likeness (QED) is 0.273. The van der Waals surface area contributed by atoms with Crippen molar-refractivity contribution in [3.05, 3.63) is 94.1 Å². The van der Waals surface area contributed by atoms with Crippen LogP contribution < -0.4 is 10.6 Å². The van der Waals surface area contributed by atoms with Gasteiger partial charge in [0.2, 0.25) is 0 Å². The first kappa shape index (κ1) is 22.7. The lowest BCUT2D eigenvalue weighted by Crippen LogP contribution is -2.16. The average Bonchev–Trinajstić information content (AvgIpc) is 3.08. The zero-order valence-electron chi connectivity index (χ0n) is 19.0. The molecule has 0 spiro atoms. The van der Waals surface area contributed by atoms with Gasteiger partial charge in [0.15, 0.2) is 0 Å². The molecule has 0 radical (unpaired) electrons. The minimum atomic E-state index is -0.866. The molecule has 1 heterocycles. The van der Waals surface area contributed by atoms with Crippen LogP contribution in [0.15, 0.2) is 66.9 Å². The number of hydrogen-bond acceptors (Lipinski definition) is 3. The number of aromatic nitrogens is 1. The van der Waals surface area contributed by atoms with Gasteiger partial charge in [-0.25, -0.2) is 0 Å². The molecule has 0 aliphatic heterocycles. The number of halogens is 1.